The van der Waals surface area contributed by atoms with Crippen LogP contribution in [0.5, 0.6) is 0 Å². The number of hydrogen-bond donors (Lipinski definition) is 4. The summed E-state index contributed by atoms with van der Waals surface area (Å²) in [6.07, 6.45) is 3.23. The average molecular weight is 993 g/mol. The van der Waals surface area contributed by atoms with Crippen molar-refractivity contribution in [3.63, 3.8) is 0 Å². The summed E-state index contributed by atoms with van der Waals surface area (Å²) < 4.78 is 19.9. The van der Waals surface area contributed by atoms with E-state index >= 15 is 0 Å². The summed E-state index contributed by atoms with van der Waals surface area (Å²) in [6, 6.07) is 15.1. The molecule has 0 spiro atoms. The average Bonchev–Trinajstić information content (AvgIpc) is 3.65. The van der Waals surface area contributed by atoms with Gasteiger partial charge in [-0.3, -0.25) is 29.2 Å². The number of rotatable bonds is 21. The van der Waals surface area contributed by atoms with E-state index in [0.717, 1.165) is 82.2 Å². The fourth-order valence-corrected chi connectivity index (χ4v) is 11.4. The standard InChI is InChI=1S/C55H76N8O9/c1-9-62-46-17-16-40(61-20-18-38(30-61)51(72-10-2)49(57-52(66)47-34(3)35(47)4)53(67)63-19-12-15-45(58-63)54(68)69)26-42(46)44(28-55(6,7)32-64)50(62)43-27-41(29-56-48(43)36(5)70-8)60-23-21-59(22-24-60)39-14-11-13-37(25-39)31-71-33-65/h11,13-14,16-17,25-27,29,33-36,38,45,47,49,51,58,64H,9-10,12,15,18-24,28,30-32H2,1-8H3,(H,57,66)(H,68,69)/t34-,35+,36-,38+,45-,47?,49-,51+/m0/s1. The lowest BCUT2D eigenvalue weighted by atomic mass is 9.84. The van der Waals surface area contributed by atoms with Crippen LogP contribution in [-0.4, -0.2) is 133 Å². The molecule has 1 aliphatic carbocycles. The maximum Gasteiger partial charge on any atom is 0.322 e. The zero-order chi connectivity index (χ0) is 51.4. The number of hydrogen-bond acceptors (Lipinski definition) is 13. The molecule has 4 aromatic rings. The number of carboxylic acid groups (broad SMARTS) is 1. The minimum atomic E-state index is -1.02. The Morgan fingerprint density at radius 2 is 1.67 bits per heavy atom. The third-order valence-electron chi connectivity index (χ3n) is 15.9. The normalized spacial score (nSPS) is 22.7. The largest absolute Gasteiger partial charge is 0.480 e. The van der Waals surface area contributed by atoms with Crippen LogP contribution in [0.3, 0.4) is 0 Å². The number of aryl methyl sites for hydroxylation is 1. The summed E-state index contributed by atoms with van der Waals surface area (Å²) in [7, 11) is 1.71. The molecular formula is C55H76N8O9. The lowest BCUT2D eigenvalue weighted by Gasteiger charge is -2.38. The highest BCUT2D eigenvalue weighted by Crippen LogP contribution is 2.46. The van der Waals surface area contributed by atoms with Gasteiger partial charge in [0.15, 0.2) is 0 Å². The number of anilines is 3. The fraction of sp³-hybridized carbons (Fsp3) is 0.582. The number of aliphatic carboxylic acids is 1. The summed E-state index contributed by atoms with van der Waals surface area (Å²) in [4.78, 5) is 63.5. The van der Waals surface area contributed by atoms with Crippen LogP contribution in [0.1, 0.15) is 90.7 Å². The molecule has 4 fully saturated rings. The van der Waals surface area contributed by atoms with Gasteiger partial charge in [-0.15, -0.1) is 0 Å². The van der Waals surface area contributed by atoms with E-state index in [9.17, 15) is 29.4 Å². The number of carbonyl (C=O) groups excluding carboxylic acids is 3. The number of aromatic nitrogens is 2. The Bertz CT molecular complexity index is 2570. The van der Waals surface area contributed by atoms with E-state index < -0.39 is 29.6 Å². The quantitative estimate of drug-likeness (QED) is 0.0692. The van der Waals surface area contributed by atoms with Gasteiger partial charge in [-0.05, 0) is 111 Å². The summed E-state index contributed by atoms with van der Waals surface area (Å²) in [6.45, 7) is 20.8. The predicted molar refractivity (Wildman–Crippen MR) is 278 cm³/mol. The number of ether oxygens (including phenoxy) is 3. The zero-order valence-corrected chi connectivity index (χ0v) is 43.4. The van der Waals surface area contributed by atoms with Gasteiger partial charge in [0, 0.05) is 112 Å². The second-order valence-corrected chi connectivity index (χ2v) is 21.1. The summed E-state index contributed by atoms with van der Waals surface area (Å²) >= 11 is 0. The van der Waals surface area contributed by atoms with Crippen molar-refractivity contribution in [3.05, 3.63) is 71.5 Å². The number of methoxy groups -OCH3 is 1. The number of nitrogens with zero attached hydrogens (tertiary/aromatic N) is 6. The molecule has 2 aromatic carbocycles. The van der Waals surface area contributed by atoms with Crippen LogP contribution in [0.25, 0.3) is 22.2 Å². The van der Waals surface area contributed by atoms with Crippen molar-refractivity contribution in [1.29, 1.82) is 0 Å². The minimum absolute atomic E-state index is 0.00657. The van der Waals surface area contributed by atoms with Gasteiger partial charge in [-0.1, -0.05) is 39.8 Å². The molecule has 17 nitrogen and oxygen atoms in total. The number of amides is 2. The molecule has 1 saturated carbocycles. The summed E-state index contributed by atoms with van der Waals surface area (Å²) in [5, 5.41) is 26.2. The maximum atomic E-state index is 14.5. The first-order valence-corrected chi connectivity index (χ1v) is 26.0. The number of piperazine rings is 1. The minimum Gasteiger partial charge on any atom is -0.480 e. The Morgan fingerprint density at radius 1 is 0.944 bits per heavy atom. The number of nitrogens with one attached hydrogen (secondary N) is 2. The van der Waals surface area contributed by atoms with E-state index in [-0.39, 0.29) is 54.8 Å². The molecule has 390 valence electrons. The topological polar surface area (TPSA) is 191 Å². The first-order chi connectivity index (χ1) is 34.6. The van der Waals surface area contributed by atoms with Gasteiger partial charge in [0.05, 0.1) is 35.5 Å². The van der Waals surface area contributed by atoms with Crippen molar-refractivity contribution in [1.82, 2.24) is 25.3 Å². The van der Waals surface area contributed by atoms with Gasteiger partial charge >= 0.3 is 5.97 Å². The molecule has 2 amide bonds. The highest BCUT2D eigenvalue weighted by atomic mass is 16.5. The van der Waals surface area contributed by atoms with Gasteiger partial charge in [-0.25, -0.2) is 5.43 Å². The fourth-order valence-electron chi connectivity index (χ4n) is 11.4. The van der Waals surface area contributed by atoms with Crippen LogP contribution in [-0.2, 0) is 53.0 Å². The lowest BCUT2D eigenvalue weighted by molar-refractivity contribution is -0.152. The second kappa shape index (κ2) is 22.6. The Labute approximate surface area is 424 Å². The number of fused-ring (bicyclic) bond motifs is 1. The molecule has 17 heteroatoms. The van der Waals surface area contributed by atoms with E-state index in [1.54, 1.807) is 7.11 Å². The molecule has 4 aliphatic rings. The van der Waals surface area contributed by atoms with Crippen molar-refractivity contribution in [2.24, 2.45) is 29.1 Å². The SMILES string of the molecule is CCO[C@H]([C@@H]1CCN(c2ccc3c(c2)c(CC(C)(C)CO)c(-c2cc(N4CCN(c5cccc(COC=O)c5)CC4)cnc2[C@H](C)OC)n3CC)C1)[C@H](NC(=O)C1[C@@H](C)[C@H]1C)C(=O)N1CCC[C@@H](C(=O)O)N1. The zero-order valence-electron chi connectivity index (χ0n) is 43.4. The van der Waals surface area contributed by atoms with Crippen LogP contribution in [0.4, 0.5) is 17.1 Å². The number of hydrazine groups is 1. The van der Waals surface area contributed by atoms with Crippen molar-refractivity contribution < 1.29 is 43.6 Å². The highest BCUT2D eigenvalue weighted by Gasteiger charge is 2.51. The number of carbonyl (C=O) groups is 4. The Balaban J connectivity index is 1.12. The summed E-state index contributed by atoms with van der Waals surface area (Å²) in [5.41, 5.74) is 11.6. The van der Waals surface area contributed by atoms with Gasteiger partial charge in [0.25, 0.3) is 12.4 Å². The smallest absolute Gasteiger partial charge is 0.322 e. The van der Waals surface area contributed by atoms with E-state index in [1.807, 2.05) is 46.0 Å². The van der Waals surface area contributed by atoms with Gasteiger partial charge in [0.1, 0.15) is 18.7 Å². The van der Waals surface area contributed by atoms with Crippen molar-refractivity contribution >= 4 is 52.2 Å². The molecule has 5 heterocycles. The molecule has 1 unspecified atom stereocenters. The monoisotopic (exact) mass is 993 g/mol. The number of pyridine rings is 1. The number of aliphatic hydroxyl groups is 1. The van der Waals surface area contributed by atoms with Gasteiger partial charge in [0.2, 0.25) is 5.91 Å². The lowest BCUT2D eigenvalue weighted by Crippen LogP contribution is -2.63. The molecule has 0 radical (unpaired) electrons. The molecule has 8 rings (SSSR count). The predicted octanol–water partition coefficient (Wildman–Crippen LogP) is 6.19. The maximum absolute atomic E-state index is 14.5. The molecule has 0 bridgehead atoms. The Morgan fingerprint density at radius 3 is 2.32 bits per heavy atom. The van der Waals surface area contributed by atoms with Crippen LogP contribution in [0.15, 0.2) is 54.7 Å². The number of carboxylic acids is 1. The Kier molecular flexibility index (Phi) is 16.5. The van der Waals surface area contributed by atoms with Crippen LogP contribution in [0, 0.1) is 29.1 Å². The third-order valence-corrected chi connectivity index (χ3v) is 15.9. The molecule has 8 atom stereocenters. The number of benzene rings is 2. The first-order valence-electron chi connectivity index (χ1n) is 26.0. The van der Waals surface area contributed by atoms with Gasteiger partial charge in [-0.2, -0.15) is 0 Å². The van der Waals surface area contributed by atoms with E-state index in [4.69, 9.17) is 19.2 Å². The highest BCUT2D eigenvalue weighted by molar-refractivity contribution is 5.95. The van der Waals surface area contributed by atoms with E-state index in [1.165, 1.54) is 5.01 Å². The van der Waals surface area contributed by atoms with E-state index in [0.29, 0.717) is 64.9 Å². The molecular weight excluding hydrogens is 917 g/mol. The van der Waals surface area contributed by atoms with Crippen LogP contribution >= 0.6 is 0 Å². The number of aliphatic hydroxyl groups excluding tert-OH is 1. The third kappa shape index (κ3) is 11.1. The molecule has 72 heavy (non-hydrogen) atoms. The van der Waals surface area contributed by atoms with Crippen LogP contribution in [0.2, 0.25) is 0 Å². The second-order valence-electron chi connectivity index (χ2n) is 21.1. The molecule has 3 saturated heterocycles. The summed E-state index contributed by atoms with van der Waals surface area (Å²) in [5.74, 6) is -1.50. The Hall–Kier alpha value is -5.75. The van der Waals surface area contributed by atoms with E-state index in [2.05, 4.69) is 87.2 Å². The van der Waals surface area contributed by atoms with Crippen molar-refractivity contribution in [2.45, 2.75) is 112 Å². The molecule has 4 N–H and O–H groups in total. The van der Waals surface area contributed by atoms with Crippen molar-refractivity contribution in [3.8, 4) is 11.3 Å². The molecule has 2 aromatic heterocycles. The van der Waals surface area contributed by atoms with Crippen LogP contribution < -0.4 is 25.4 Å². The first kappa shape index (κ1) is 52.6. The van der Waals surface area contributed by atoms with Gasteiger partial charge < -0.3 is 49.0 Å². The molecule has 3 aliphatic heterocycles. The van der Waals surface area contributed by atoms with Crippen molar-refractivity contribution in [2.75, 3.05) is 80.8 Å².